The number of aromatic nitrogens is 2. The maximum Gasteiger partial charge on any atom is 0.270 e. The molecule has 132 valence electrons. The molecule has 0 atom stereocenters. The Labute approximate surface area is 155 Å². The molecule has 0 saturated heterocycles. The summed E-state index contributed by atoms with van der Waals surface area (Å²) in [5.41, 5.74) is 1.11. The maximum atomic E-state index is 12.1. The molecule has 0 unspecified atom stereocenters. The minimum absolute atomic E-state index is 0.265. The van der Waals surface area contributed by atoms with Crippen LogP contribution in [0.15, 0.2) is 60.9 Å². The molecule has 0 spiro atoms. The van der Waals surface area contributed by atoms with Gasteiger partial charge >= 0.3 is 0 Å². The average molecular weight is 370 g/mol. The maximum absolute atomic E-state index is 12.1. The molecule has 6 nitrogen and oxygen atoms in total. The van der Waals surface area contributed by atoms with E-state index in [2.05, 4.69) is 15.3 Å². The Morgan fingerprint density at radius 1 is 1.04 bits per heavy atom. The molecular weight excluding hydrogens is 354 g/mol. The van der Waals surface area contributed by atoms with Crippen molar-refractivity contribution in [2.75, 3.05) is 7.11 Å². The van der Waals surface area contributed by atoms with E-state index in [4.69, 9.17) is 21.1 Å². The second-order valence-electron chi connectivity index (χ2n) is 5.32. The van der Waals surface area contributed by atoms with E-state index in [1.807, 2.05) is 0 Å². The second-order valence-corrected chi connectivity index (χ2v) is 5.76. The predicted octanol–water partition coefficient (Wildman–Crippen LogP) is 3.86. The minimum atomic E-state index is -0.304. The van der Waals surface area contributed by atoms with E-state index in [0.717, 1.165) is 11.3 Å². The molecule has 0 fully saturated rings. The van der Waals surface area contributed by atoms with Crippen molar-refractivity contribution < 1.29 is 14.3 Å². The number of nitrogens with zero attached hydrogens (tertiary/aromatic N) is 2. The second kappa shape index (κ2) is 8.31. The highest BCUT2D eigenvalue weighted by Crippen LogP contribution is 2.22. The van der Waals surface area contributed by atoms with Gasteiger partial charge in [0.15, 0.2) is 0 Å². The zero-order valence-electron chi connectivity index (χ0n) is 14.0. The number of ether oxygens (including phenoxy) is 2. The molecule has 0 aliphatic heterocycles. The quantitative estimate of drug-likeness (QED) is 0.714. The number of benzene rings is 1. The Kier molecular flexibility index (Phi) is 5.66. The highest BCUT2D eigenvalue weighted by atomic mass is 35.5. The van der Waals surface area contributed by atoms with Gasteiger partial charge in [-0.25, -0.2) is 4.98 Å². The molecule has 3 aromatic rings. The molecule has 2 aromatic heterocycles. The van der Waals surface area contributed by atoms with Gasteiger partial charge in [0.1, 0.15) is 17.2 Å². The van der Waals surface area contributed by atoms with E-state index in [0.29, 0.717) is 23.2 Å². The van der Waals surface area contributed by atoms with Crippen molar-refractivity contribution in [1.29, 1.82) is 0 Å². The number of amides is 1. The average Bonchev–Trinajstić information content (AvgIpc) is 2.67. The molecule has 0 bridgehead atoms. The Hall–Kier alpha value is -3.12. The number of methoxy groups -OCH3 is 1. The third-order valence-corrected chi connectivity index (χ3v) is 3.72. The zero-order valence-corrected chi connectivity index (χ0v) is 14.7. The van der Waals surface area contributed by atoms with E-state index in [1.165, 1.54) is 12.3 Å². The summed E-state index contributed by atoms with van der Waals surface area (Å²) in [5.74, 6) is 1.52. The largest absolute Gasteiger partial charge is 0.497 e. The fraction of sp³-hybridized carbons (Fsp3) is 0.105. The molecule has 0 saturated carbocycles. The van der Waals surface area contributed by atoms with Crippen molar-refractivity contribution in [2.45, 2.75) is 6.54 Å². The summed E-state index contributed by atoms with van der Waals surface area (Å²) in [5, 5.41) is 3.25. The Morgan fingerprint density at radius 3 is 2.50 bits per heavy atom. The molecule has 0 radical (unpaired) electrons. The predicted molar refractivity (Wildman–Crippen MR) is 97.7 cm³/mol. The third kappa shape index (κ3) is 4.70. The third-order valence-electron chi connectivity index (χ3n) is 3.49. The lowest BCUT2D eigenvalue weighted by molar-refractivity contribution is 0.0946. The number of hydrogen-bond donors (Lipinski definition) is 1. The fourth-order valence-corrected chi connectivity index (χ4v) is 2.34. The van der Waals surface area contributed by atoms with Gasteiger partial charge in [0, 0.05) is 30.0 Å². The van der Waals surface area contributed by atoms with E-state index >= 15 is 0 Å². The number of pyridine rings is 2. The standard InChI is InChI=1S/C19H16ClN3O3/c1-25-15-2-4-16(5-3-15)26-18-10-13(6-8-22-18)12-23-19(24)17-11-14(20)7-9-21-17/h2-11H,12H2,1H3,(H,23,24). The van der Waals surface area contributed by atoms with Gasteiger partial charge < -0.3 is 14.8 Å². The fourth-order valence-electron chi connectivity index (χ4n) is 2.18. The summed E-state index contributed by atoms with van der Waals surface area (Å²) in [6, 6.07) is 13.9. The van der Waals surface area contributed by atoms with Crippen LogP contribution < -0.4 is 14.8 Å². The number of carbonyl (C=O) groups is 1. The SMILES string of the molecule is COc1ccc(Oc2cc(CNC(=O)c3cc(Cl)ccn3)ccn2)cc1. The van der Waals surface area contributed by atoms with Gasteiger partial charge in [-0.2, -0.15) is 0 Å². The van der Waals surface area contributed by atoms with Crippen molar-refractivity contribution >= 4 is 17.5 Å². The normalized spacial score (nSPS) is 10.2. The summed E-state index contributed by atoms with van der Waals surface area (Å²) < 4.78 is 10.8. The highest BCUT2D eigenvalue weighted by molar-refractivity contribution is 6.30. The van der Waals surface area contributed by atoms with Crippen LogP contribution in [-0.4, -0.2) is 23.0 Å². The Bertz CT molecular complexity index is 901. The van der Waals surface area contributed by atoms with Gasteiger partial charge in [0.2, 0.25) is 5.88 Å². The molecule has 2 heterocycles. The first-order valence-corrected chi connectivity index (χ1v) is 8.18. The van der Waals surface area contributed by atoms with Crippen LogP contribution in [0.25, 0.3) is 0 Å². The van der Waals surface area contributed by atoms with Gasteiger partial charge in [-0.3, -0.25) is 9.78 Å². The van der Waals surface area contributed by atoms with Gasteiger partial charge in [-0.15, -0.1) is 0 Å². The van der Waals surface area contributed by atoms with Gasteiger partial charge in [0.25, 0.3) is 5.91 Å². The summed E-state index contributed by atoms with van der Waals surface area (Å²) in [6.07, 6.45) is 3.11. The number of halogens is 1. The van der Waals surface area contributed by atoms with Crippen molar-refractivity contribution in [3.8, 4) is 17.4 Å². The minimum Gasteiger partial charge on any atom is -0.497 e. The molecule has 1 N–H and O–H groups in total. The topological polar surface area (TPSA) is 73.3 Å². The molecule has 0 aliphatic rings. The van der Waals surface area contributed by atoms with Crippen molar-refractivity contribution in [2.24, 2.45) is 0 Å². The van der Waals surface area contributed by atoms with Gasteiger partial charge in [0.05, 0.1) is 7.11 Å². The van der Waals surface area contributed by atoms with Crippen LogP contribution in [0.5, 0.6) is 17.4 Å². The van der Waals surface area contributed by atoms with Crippen LogP contribution in [0.1, 0.15) is 16.1 Å². The van der Waals surface area contributed by atoms with Crippen molar-refractivity contribution in [1.82, 2.24) is 15.3 Å². The lowest BCUT2D eigenvalue weighted by Gasteiger charge is -2.08. The summed E-state index contributed by atoms with van der Waals surface area (Å²) in [4.78, 5) is 20.3. The Morgan fingerprint density at radius 2 is 1.77 bits per heavy atom. The molecule has 26 heavy (non-hydrogen) atoms. The monoisotopic (exact) mass is 369 g/mol. The van der Waals surface area contributed by atoms with Crippen LogP contribution in [0.3, 0.4) is 0 Å². The Balaban J connectivity index is 1.62. The van der Waals surface area contributed by atoms with E-state index < -0.39 is 0 Å². The van der Waals surface area contributed by atoms with E-state index in [-0.39, 0.29) is 11.6 Å². The lowest BCUT2D eigenvalue weighted by atomic mass is 10.2. The van der Waals surface area contributed by atoms with Crippen LogP contribution in [0, 0.1) is 0 Å². The smallest absolute Gasteiger partial charge is 0.270 e. The summed E-state index contributed by atoms with van der Waals surface area (Å²) >= 11 is 5.87. The molecular formula is C19H16ClN3O3. The zero-order chi connectivity index (χ0) is 18.4. The van der Waals surface area contributed by atoms with Crippen LogP contribution in [-0.2, 0) is 6.54 Å². The first-order valence-electron chi connectivity index (χ1n) is 7.80. The van der Waals surface area contributed by atoms with Crippen molar-refractivity contribution in [3.63, 3.8) is 0 Å². The highest BCUT2D eigenvalue weighted by Gasteiger charge is 2.08. The van der Waals surface area contributed by atoms with Crippen LogP contribution in [0.4, 0.5) is 0 Å². The van der Waals surface area contributed by atoms with Crippen LogP contribution in [0.2, 0.25) is 5.02 Å². The molecule has 7 heteroatoms. The number of rotatable bonds is 6. The molecule has 3 rings (SSSR count). The molecule has 1 aromatic carbocycles. The van der Waals surface area contributed by atoms with Gasteiger partial charge in [-0.1, -0.05) is 11.6 Å². The van der Waals surface area contributed by atoms with E-state index in [1.54, 1.807) is 55.8 Å². The number of carbonyl (C=O) groups excluding carboxylic acids is 1. The molecule has 0 aliphatic carbocycles. The van der Waals surface area contributed by atoms with Crippen molar-refractivity contribution in [3.05, 3.63) is 77.2 Å². The lowest BCUT2D eigenvalue weighted by Crippen LogP contribution is -2.23. The van der Waals surface area contributed by atoms with Gasteiger partial charge in [-0.05, 0) is 48.0 Å². The first-order chi connectivity index (χ1) is 12.6. The van der Waals surface area contributed by atoms with E-state index in [9.17, 15) is 4.79 Å². The molecule has 1 amide bonds. The summed E-state index contributed by atoms with van der Waals surface area (Å²) in [6.45, 7) is 0.314. The first kappa shape index (κ1) is 17.7. The number of nitrogens with one attached hydrogen (secondary N) is 1. The summed E-state index contributed by atoms with van der Waals surface area (Å²) in [7, 11) is 1.61. The van der Waals surface area contributed by atoms with Crippen LogP contribution >= 0.6 is 11.6 Å². The number of hydrogen-bond acceptors (Lipinski definition) is 5.